The molecule has 3 rings (SSSR count). The van der Waals surface area contributed by atoms with Crippen molar-refractivity contribution in [1.29, 1.82) is 0 Å². The molecule has 1 amide bonds. The molecule has 1 aliphatic heterocycles. The van der Waals surface area contributed by atoms with Crippen molar-refractivity contribution in [2.45, 2.75) is 6.04 Å². The molecule has 0 radical (unpaired) electrons. The second kappa shape index (κ2) is 8.91. The Morgan fingerprint density at radius 1 is 1.30 bits per heavy atom. The predicted molar refractivity (Wildman–Crippen MR) is 102 cm³/mol. The molecule has 0 saturated heterocycles. The number of furan rings is 1. The van der Waals surface area contributed by atoms with Crippen LogP contribution < -0.4 is 0 Å². The molecule has 1 aliphatic rings. The van der Waals surface area contributed by atoms with Crippen molar-refractivity contribution >= 4 is 41.7 Å². The van der Waals surface area contributed by atoms with Gasteiger partial charge in [-0.1, -0.05) is 11.6 Å². The Bertz CT molecular complexity index is 917. The van der Waals surface area contributed by atoms with Gasteiger partial charge >= 0.3 is 5.88 Å². The smallest absolute Gasteiger partial charge is 0.401 e. The van der Waals surface area contributed by atoms with Crippen molar-refractivity contribution in [2.75, 3.05) is 14.1 Å². The maximum absolute atomic E-state index is 12.3. The van der Waals surface area contributed by atoms with Crippen LogP contribution in [0.3, 0.4) is 0 Å². The van der Waals surface area contributed by atoms with Crippen molar-refractivity contribution in [1.82, 2.24) is 4.90 Å². The summed E-state index contributed by atoms with van der Waals surface area (Å²) in [6.45, 7) is 0. The molecule has 0 saturated carbocycles. The van der Waals surface area contributed by atoms with Gasteiger partial charge < -0.3 is 9.32 Å². The number of nitro groups is 1. The Labute approximate surface area is 160 Å². The van der Waals surface area contributed by atoms with E-state index in [0.29, 0.717) is 16.5 Å². The first-order valence-corrected chi connectivity index (χ1v) is 8.18. The van der Waals surface area contributed by atoms with E-state index in [-0.39, 0.29) is 5.88 Å². The van der Waals surface area contributed by atoms with Crippen LogP contribution in [0, 0.1) is 15.0 Å². The van der Waals surface area contributed by atoms with Gasteiger partial charge in [0.25, 0.3) is 5.69 Å². The number of nitrogens with zero attached hydrogens (tertiary/aromatic N) is 3. The number of nitroso groups, excluding NO2 is 1. The van der Waals surface area contributed by atoms with E-state index in [0.717, 1.165) is 16.7 Å². The number of halogens is 1. The molecule has 1 atom stereocenters. The summed E-state index contributed by atoms with van der Waals surface area (Å²) >= 11 is 5.89. The maximum Gasteiger partial charge on any atom is 0.433 e. The van der Waals surface area contributed by atoms with Crippen molar-refractivity contribution in [2.24, 2.45) is 0 Å². The predicted octanol–water partition coefficient (Wildman–Crippen LogP) is 4.06. The summed E-state index contributed by atoms with van der Waals surface area (Å²) < 4.78 is 5.86. The molecule has 1 aromatic heterocycles. The lowest BCUT2D eigenvalue weighted by atomic mass is 10.0. The van der Waals surface area contributed by atoms with Gasteiger partial charge in [0.05, 0.1) is 11.6 Å². The lowest BCUT2D eigenvalue weighted by Gasteiger charge is -2.08. The van der Waals surface area contributed by atoms with E-state index in [2.05, 4.69) is 0 Å². The van der Waals surface area contributed by atoms with E-state index in [1.165, 1.54) is 23.1 Å². The number of hydrogen-bond donors (Lipinski definition) is 0. The van der Waals surface area contributed by atoms with Gasteiger partial charge in [0.2, 0.25) is 12.5 Å². The maximum atomic E-state index is 12.3. The molecule has 1 unspecified atom stereocenters. The zero-order valence-corrected chi connectivity index (χ0v) is 15.4. The molecule has 9 heteroatoms. The van der Waals surface area contributed by atoms with Crippen molar-refractivity contribution < 1.29 is 18.9 Å². The average molecular weight is 391 g/mol. The fraction of sp³-hybridized carbons (Fsp3) is 0.167. The molecule has 8 nitrogen and oxygen atoms in total. The van der Waals surface area contributed by atoms with Crippen LogP contribution in [0.5, 0.6) is 0 Å². The van der Waals surface area contributed by atoms with Gasteiger partial charge in [-0.15, -0.1) is 0 Å². The third-order valence-electron chi connectivity index (χ3n) is 3.43. The minimum atomic E-state index is -0.613. The number of fused-ring (bicyclic) bond motifs is 1. The summed E-state index contributed by atoms with van der Waals surface area (Å²) in [4.78, 5) is 33.1. The van der Waals surface area contributed by atoms with Crippen LogP contribution in [0.25, 0.3) is 12.2 Å². The van der Waals surface area contributed by atoms with Crippen LogP contribution >= 0.6 is 11.6 Å². The quantitative estimate of drug-likeness (QED) is 0.339. The normalized spacial score (nSPS) is 15.1. The van der Waals surface area contributed by atoms with Crippen molar-refractivity contribution in [3.63, 3.8) is 0 Å². The van der Waals surface area contributed by atoms with E-state index in [1.807, 2.05) is 6.08 Å². The minimum absolute atomic E-state index is 0.315. The van der Waals surface area contributed by atoms with E-state index in [1.54, 1.807) is 44.4 Å². The zero-order chi connectivity index (χ0) is 20.0. The molecule has 27 heavy (non-hydrogen) atoms. The van der Waals surface area contributed by atoms with Crippen LogP contribution in [-0.2, 0) is 4.79 Å². The lowest BCUT2D eigenvalue weighted by molar-refractivity contribution is -0.481. The summed E-state index contributed by atoms with van der Waals surface area (Å²) in [6, 6.07) is 7.26. The minimum Gasteiger partial charge on any atom is -0.401 e. The second-order valence-corrected chi connectivity index (χ2v) is 6.18. The van der Waals surface area contributed by atoms with Crippen LogP contribution in [0.15, 0.2) is 46.9 Å². The Kier molecular flexibility index (Phi) is 6.62. The third-order valence-corrected chi connectivity index (χ3v) is 3.67. The van der Waals surface area contributed by atoms with Gasteiger partial charge in [0, 0.05) is 34.9 Å². The van der Waals surface area contributed by atoms with E-state index in [9.17, 15) is 19.8 Å². The summed E-state index contributed by atoms with van der Waals surface area (Å²) in [7, 11) is 3.38. The number of hydrogen-bond acceptors (Lipinski definition) is 5. The van der Waals surface area contributed by atoms with Crippen LogP contribution in [0.1, 0.15) is 11.3 Å². The highest BCUT2D eigenvalue weighted by molar-refractivity contribution is 6.30. The molecule has 140 valence electrons. The molecule has 0 fully saturated rings. The monoisotopic (exact) mass is 390 g/mol. The average Bonchev–Trinajstić information content (AvgIpc) is 3.11. The topological polar surface area (TPSA) is 96.7 Å². The fourth-order valence-corrected chi connectivity index (χ4v) is 2.35. The van der Waals surface area contributed by atoms with E-state index >= 15 is 0 Å². The molecule has 1 aromatic carbocycles. The number of carbonyl (C=O) groups excluding carboxylic acids is 1. The molecule has 2 heterocycles. The Balaban J connectivity index is 0.000000465. The molecule has 0 spiro atoms. The highest BCUT2D eigenvalue weighted by atomic mass is 35.5. The van der Waals surface area contributed by atoms with Gasteiger partial charge in [-0.25, -0.2) is 0 Å². The van der Waals surface area contributed by atoms with Gasteiger partial charge in [-0.3, -0.25) is 14.9 Å². The molecular weight excluding hydrogens is 374 g/mol. The molecule has 2 aromatic rings. The summed E-state index contributed by atoms with van der Waals surface area (Å²) in [6.07, 6.45) is 7.44. The van der Waals surface area contributed by atoms with Crippen LogP contribution in [0.4, 0.5) is 11.6 Å². The molecule has 0 N–H and O–H groups in total. The molecular formula is C18H17ClN3O5+. The lowest BCUT2D eigenvalue weighted by Crippen LogP contribution is -2.18. The molecule has 0 bridgehead atoms. The first-order valence-electron chi connectivity index (χ1n) is 7.80. The Morgan fingerprint density at radius 2 is 2.00 bits per heavy atom. The van der Waals surface area contributed by atoms with Crippen LogP contribution in [0.2, 0.25) is 5.02 Å². The van der Waals surface area contributed by atoms with Crippen molar-refractivity contribution in [3.8, 4) is 0 Å². The molecule has 0 aliphatic carbocycles. The SMILES string of the molecule is CN(C)C=O.O=[N+]([O-])c1ccc(/C=C/C2C=Cc3cc(Cl)ccc3[N+]2=O)o1. The zero-order valence-electron chi connectivity index (χ0n) is 14.6. The fourth-order valence-electron chi connectivity index (χ4n) is 2.17. The summed E-state index contributed by atoms with van der Waals surface area (Å²) in [5, 5.41) is 11.1. The first-order chi connectivity index (χ1) is 12.8. The van der Waals surface area contributed by atoms with Gasteiger partial charge in [0.1, 0.15) is 10.7 Å². The Morgan fingerprint density at radius 3 is 2.59 bits per heavy atom. The Hall–Kier alpha value is -3.26. The van der Waals surface area contributed by atoms with Crippen molar-refractivity contribution in [3.05, 3.63) is 73.9 Å². The van der Waals surface area contributed by atoms with Crippen LogP contribution in [-0.4, -0.2) is 41.1 Å². The highest BCUT2D eigenvalue weighted by Gasteiger charge is 2.29. The largest absolute Gasteiger partial charge is 0.433 e. The van der Waals surface area contributed by atoms with E-state index in [4.69, 9.17) is 16.0 Å². The number of benzene rings is 1. The second-order valence-electron chi connectivity index (χ2n) is 5.74. The standard InChI is InChI=1S/C15H10ClN2O4.C3H7NO/c16-11-2-7-14-10(9-11)1-3-12(17(14)19)4-5-13-6-8-15(22-13)18(20)21;1-4(2)3-5/h1-9,12H;3H,1-2H3/q+1;/b5-4+;. The number of carbonyl (C=O) groups is 1. The van der Waals surface area contributed by atoms with E-state index < -0.39 is 11.0 Å². The van der Waals surface area contributed by atoms with Gasteiger partial charge in [-0.2, -0.15) is 0 Å². The first kappa shape index (κ1) is 20.1. The van der Waals surface area contributed by atoms with Gasteiger partial charge in [0.15, 0.2) is 0 Å². The highest BCUT2D eigenvalue weighted by Crippen LogP contribution is 2.30. The summed E-state index contributed by atoms with van der Waals surface area (Å²) in [5.74, 6) is -0.0202. The summed E-state index contributed by atoms with van der Waals surface area (Å²) in [5.41, 5.74) is 1.27. The third kappa shape index (κ3) is 5.35. The number of amides is 1. The number of rotatable bonds is 4. The van der Waals surface area contributed by atoms with Gasteiger partial charge in [-0.05, 0) is 42.5 Å².